The minimum absolute atomic E-state index is 0.0166. The van der Waals surface area contributed by atoms with Crippen molar-refractivity contribution >= 4 is 5.91 Å². The molecule has 1 aromatic heterocycles. The average Bonchev–Trinajstić information content (AvgIpc) is 3.64. The van der Waals surface area contributed by atoms with E-state index in [9.17, 15) is 9.59 Å². The number of amides is 1. The van der Waals surface area contributed by atoms with E-state index in [0.29, 0.717) is 19.1 Å². The highest BCUT2D eigenvalue weighted by Crippen LogP contribution is 2.36. The summed E-state index contributed by atoms with van der Waals surface area (Å²) in [5, 5.41) is 3.42. The Bertz CT molecular complexity index is 1030. The summed E-state index contributed by atoms with van der Waals surface area (Å²) in [6, 6.07) is 10.7. The number of nitrogens with one attached hydrogen (secondary N) is 1. The summed E-state index contributed by atoms with van der Waals surface area (Å²) in [5.41, 5.74) is 4.72. The molecule has 2 aliphatic rings. The van der Waals surface area contributed by atoms with Crippen molar-refractivity contribution in [3.8, 4) is 0 Å². The van der Waals surface area contributed by atoms with E-state index in [0.717, 1.165) is 50.8 Å². The number of carbonyl (C=O) groups is 1. The summed E-state index contributed by atoms with van der Waals surface area (Å²) >= 11 is 0. The lowest BCUT2D eigenvalue weighted by Crippen LogP contribution is -2.47. The zero-order valence-corrected chi connectivity index (χ0v) is 20.2. The van der Waals surface area contributed by atoms with Crippen LogP contribution in [-0.2, 0) is 29.5 Å². The van der Waals surface area contributed by atoms with Crippen molar-refractivity contribution in [2.45, 2.75) is 57.5 Å². The van der Waals surface area contributed by atoms with Crippen LogP contribution in [0.2, 0.25) is 0 Å². The summed E-state index contributed by atoms with van der Waals surface area (Å²) in [6.45, 7) is 5.08. The van der Waals surface area contributed by atoms with Crippen LogP contribution in [0.1, 0.15) is 53.9 Å². The van der Waals surface area contributed by atoms with E-state index in [4.69, 9.17) is 4.74 Å². The van der Waals surface area contributed by atoms with Crippen LogP contribution >= 0.6 is 0 Å². The molecule has 1 aliphatic heterocycles. The Balaban J connectivity index is 1.54. The topological polar surface area (TPSA) is 63.6 Å². The van der Waals surface area contributed by atoms with Crippen LogP contribution in [0.4, 0.5) is 0 Å². The SMILES string of the molecule is COCCCc1cc(C)cc(CN(C(=O)C2CNCC[C@@H]2c2ccn(C)c(=O)c2)C2CC2)c1. The van der Waals surface area contributed by atoms with Gasteiger partial charge in [0.1, 0.15) is 0 Å². The van der Waals surface area contributed by atoms with E-state index in [1.807, 2.05) is 12.3 Å². The molecule has 2 heterocycles. The number of rotatable bonds is 9. The second-order valence-corrected chi connectivity index (χ2v) is 9.74. The van der Waals surface area contributed by atoms with Crippen LogP contribution in [0.25, 0.3) is 0 Å². The molecule has 1 amide bonds. The minimum Gasteiger partial charge on any atom is -0.385 e. The number of benzene rings is 1. The number of aromatic nitrogens is 1. The second kappa shape index (κ2) is 10.7. The molecule has 0 bridgehead atoms. The molecule has 2 fully saturated rings. The molecule has 1 aromatic carbocycles. The van der Waals surface area contributed by atoms with E-state index < -0.39 is 0 Å². The van der Waals surface area contributed by atoms with Crippen molar-refractivity contribution in [2.75, 3.05) is 26.8 Å². The van der Waals surface area contributed by atoms with E-state index in [-0.39, 0.29) is 23.3 Å². The smallest absolute Gasteiger partial charge is 0.250 e. The van der Waals surface area contributed by atoms with Crippen LogP contribution in [0.15, 0.2) is 41.3 Å². The third-order valence-electron chi connectivity index (χ3n) is 6.99. The van der Waals surface area contributed by atoms with Crippen LogP contribution < -0.4 is 10.9 Å². The van der Waals surface area contributed by atoms with Gasteiger partial charge in [-0.2, -0.15) is 0 Å². The van der Waals surface area contributed by atoms with Gasteiger partial charge in [0.05, 0.1) is 5.92 Å². The van der Waals surface area contributed by atoms with Crippen molar-refractivity contribution in [3.05, 3.63) is 69.1 Å². The van der Waals surface area contributed by atoms with Gasteiger partial charge >= 0.3 is 0 Å². The van der Waals surface area contributed by atoms with Gasteiger partial charge in [0, 0.05) is 52.2 Å². The third kappa shape index (κ3) is 5.92. The summed E-state index contributed by atoms with van der Waals surface area (Å²) in [4.78, 5) is 28.3. The monoisotopic (exact) mass is 451 g/mol. The molecule has 6 heteroatoms. The van der Waals surface area contributed by atoms with Crippen LogP contribution in [0, 0.1) is 12.8 Å². The lowest BCUT2D eigenvalue weighted by atomic mass is 9.80. The lowest BCUT2D eigenvalue weighted by Gasteiger charge is -2.36. The van der Waals surface area contributed by atoms with E-state index >= 15 is 0 Å². The number of carbonyl (C=O) groups excluding carboxylic acids is 1. The van der Waals surface area contributed by atoms with Crippen LogP contribution in [0.5, 0.6) is 0 Å². The molecule has 4 rings (SSSR count). The maximum Gasteiger partial charge on any atom is 0.250 e. The second-order valence-electron chi connectivity index (χ2n) is 9.74. The fourth-order valence-electron chi connectivity index (χ4n) is 5.10. The summed E-state index contributed by atoms with van der Waals surface area (Å²) in [6.07, 6.45) is 6.83. The molecule has 1 saturated carbocycles. The van der Waals surface area contributed by atoms with Gasteiger partial charge in [0.15, 0.2) is 0 Å². The first-order chi connectivity index (χ1) is 16.0. The molecule has 6 nitrogen and oxygen atoms in total. The molecule has 0 radical (unpaired) electrons. The first-order valence-electron chi connectivity index (χ1n) is 12.2. The Morgan fingerprint density at radius 2 is 1.97 bits per heavy atom. The van der Waals surface area contributed by atoms with Crippen molar-refractivity contribution in [1.29, 1.82) is 0 Å². The molecule has 1 aliphatic carbocycles. The van der Waals surface area contributed by atoms with Gasteiger partial charge in [-0.1, -0.05) is 23.8 Å². The van der Waals surface area contributed by atoms with Gasteiger partial charge < -0.3 is 19.5 Å². The number of pyridine rings is 1. The number of hydrogen-bond donors (Lipinski definition) is 1. The van der Waals surface area contributed by atoms with Crippen molar-refractivity contribution in [3.63, 3.8) is 0 Å². The highest BCUT2D eigenvalue weighted by molar-refractivity contribution is 5.81. The highest BCUT2D eigenvalue weighted by atomic mass is 16.5. The van der Waals surface area contributed by atoms with Gasteiger partial charge in [-0.05, 0) is 74.2 Å². The van der Waals surface area contributed by atoms with Gasteiger partial charge in [-0.15, -0.1) is 0 Å². The molecule has 2 aromatic rings. The first kappa shape index (κ1) is 23.7. The third-order valence-corrected chi connectivity index (χ3v) is 6.99. The lowest BCUT2D eigenvalue weighted by molar-refractivity contribution is -0.138. The molecular formula is C27H37N3O3. The number of ether oxygens (including phenoxy) is 1. The highest BCUT2D eigenvalue weighted by Gasteiger charge is 2.40. The number of nitrogens with zero attached hydrogens (tertiary/aromatic N) is 2. The Hall–Kier alpha value is -2.44. The average molecular weight is 452 g/mol. The molecule has 178 valence electrons. The predicted molar refractivity (Wildman–Crippen MR) is 130 cm³/mol. The Morgan fingerprint density at radius 3 is 2.70 bits per heavy atom. The molecule has 1 saturated heterocycles. The predicted octanol–water partition coefficient (Wildman–Crippen LogP) is 3.16. The van der Waals surface area contributed by atoms with Crippen LogP contribution in [0.3, 0.4) is 0 Å². The normalized spacial score (nSPS) is 20.6. The zero-order chi connectivity index (χ0) is 23.4. The summed E-state index contributed by atoms with van der Waals surface area (Å²) in [5.74, 6) is 0.159. The quantitative estimate of drug-likeness (QED) is 0.595. The summed E-state index contributed by atoms with van der Waals surface area (Å²) < 4.78 is 6.79. The van der Waals surface area contributed by atoms with Gasteiger partial charge in [-0.25, -0.2) is 0 Å². The number of piperidine rings is 1. The zero-order valence-electron chi connectivity index (χ0n) is 20.2. The maximum atomic E-state index is 13.9. The Kier molecular flexibility index (Phi) is 7.66. The van der Waals surface area contributed by atoms with E-state index in [1.165, 1.54) is 16.7 Å². The number of methoxy groups -OCH3 is 1. The maximum absolute atomic E-state index is 13.9. The molecule has 0 spiro atoms. The first-order valence-corrected chi connectivity index (χ1v) is 12.2. The molecule has 33 heavy (non-hydrogen) atoms. The largest absolute Gasteiger partial charge is 0.385 e. The molecule has 1 N–H and O–H groups in total. The minimum atomic E-state index is -0.141. The Labute approximate surface area is 196 Å². The molecular weight excluding hydrogens is 414 g/mol. The number of hydrogen-bond acceptors (Lipinski definition) is 4. The van der Waals surface area contributed by atoms with E-state index in [2.05, 4.69) is 35.3 Å². The fourth-order valence-corrected chi connectivity index (χ4v) is 5.10. The van der Waals surface area contributed by atoms with Crippen molar-refractivity contribution in [2.24, 2.45) is 13.0 Å². The van der Waals surface area contributed by atoms with Gasteiger partial charge in [-0.3, -0.25) is 9.59 Å². The fraction of sp³-hybridized carbons (Fsp3) is 0.556. The Morgan fingerprint density at radius 1 is 1.18 bits per heavy atom. The number of aryl methyl sites for hydroxylation is 3. The van der Waals surface area contributed by atoms with Gasteiger partial charge in [0.2, 0.25) is 5.91 Å². The van der Waals surface area contributed by atoms with Gasteiger partial charge in [0.25, 0.3) is 5.56 Å². The molecule has 2 atom stereocenters. The van der Waals surface area contributed by atoms with Crippen molar-refractivity contribution in [1.82, 2.24) is 14.8 Å². The van der Waals surface area contributed by atoms with Crippen molar-refractivity contribution < 1.29 is 9.53 Å². The molecule has 1 unspecified atom stereocenters. The standard InChI is InChI=1S/C27H37N3O3/c1-19-13-20(5-4-12-33-3)15-21(14-19)18-30(23-6-7-23)27(32)25-17-28-10-8-24(25)22-9-11-29(2)26(31)16-22/h9,11,13-16,23-25,28H,4-8,10,12,17-18H2,1-3H3/t24-,25?/m1/s1. The summed E-state index contributed by atoms with van der Waals surface area (Å²) in [7, 11) is 3.50. The van der Waals surface area contributed by atoms with E-state index in [1.54, 1.807) is 24.8 Å². The van der Waals surface area contributed by atoms with Crippen LogP contribution in [-0.4, -0.2) is 48.2 Å².